The van der Waals surface area contributed by atoms with E-state index < -0.39 is 0 Å². The summed E-state index contributed by atoms with van der Waals surface area (Å²) in [4.78, 5) is 5.44. The van der Waals surface area contributed by atoms with Crippen LogP contribution < -0.4 is 5.73 Å². The molecule has 0 spiro atoms. The number of hydrogen-bond donors (Lipinski definition) is 1. The minimum absolute atomic E-state index is 0.478. The van der Waals surface area contributed by atoms with Crippen molar-refractivity contribution in [2.75, 3.05) is 0 Å². The molecule has 14 heavy (non-hydrogen) atoms. The van der Waals surface area contributed by atoms with Crippen LogP contribution in [-0.4, -0.2) is 9.55 Å². The molecule has 2 aromatic rings. The number of nitrogens with zero attached hydrogens (tertiary/aromatic N) is 2. The molecule has 0 unspecified atom stereocenters. The molecule has 0 radical (unpaired) electrons. The minimum Gasteiger partial charge on any atom is -0.333 e. The highest BCUT2D eigenvalue weighted by atomic mass is 79.9. The van der Waals surface area contributed by atoms with Gasteiger partial charge in [-0.3, -0.25) is 0 Å². The third-order valence-electron chi connectivity index (χ3n) is 2.01. The Morgan fingerprint density at radius 2 is 2.36 bits per heavy atom. The fraction of sp³-hybridized carbons (Fsp3) is 0.222. The molecule has 2 rings (SSSR count). The molecular formula is C9H10BrN3S. The van der Waals surface area contributed by atoms with Crippen molar-refractivity contribution in [3.8, 4) is 10.6 Å². The number of aryl methyl sites for hydroxylation is 1. The van der Waals surface area contributed by atoms with E-state index in [9.17, 15) is 0 Å². The van der Waals surface area contributed by atoms with Gasteiger partial charge < -0.3 is 10.3 Å². The van der Waals surface area contributed by atoms with Crippen LogP contribution in [0.1, 0.15) is 5.69 Å². The first-order chi connectivity index (χ1) is 6.72. The van der Waals surface area contributed by atoms with Gasteiger partial charge in [-0.05, 0) is 28.1 Å². The van der Waals surface area contributed by atoms with E-state index in [0.29, 0.717) is 6.54 Å². The zero-order valence-electron chi connectivity index (χ0n) is 7.70. The standard InChI is InChI=1S/C9H10BrN3S/c1-13-5-12-6(4-11)9(13)7-2-3-8(10)14-7/h2-3,5H,4,11H2,1H3. The van der Waals surface area contributed by atoms with Crippen LogP contribution >= 0.6 is 27.3 Å². The quantitative estimate of drug-likeness (QED) is 0.912. The second-order valence-electron chi connectivity index (χ2n) is 2.96. The van der Waals surface area contributed by atoms with E-state index in [0.717, 1.165) is 15.2 Å². The van der Waals surface area contributed by atoms with E-state index in [4.69, 9.17) is 5.73 Å². The maximum Gasteiger partial charge on any atom is 0.0952 e. The van der Waals surface area contributed by atoms with Crippen LogP contribution in [0.4, 0.5) is 0 Å². The molecular weight excluding hydrogens is 262 g/mol. The van der Waals surface area contributed by atoms with Crippen LogP contribution in [-0.2, 0) is 13.6 Å². The van der Waals surface area contributed by atoms with Gasteiger partial charge in [0.05, 0.1) is 26.4 Å². The van der Waals surface area contributed by atoms with Crippen molar-refractivity contribution in [2.45, 2.75) is 6.54 Å². The Labute approximate surface area is 94.7 Å². The zero-order chi connectivity index (χ0) is 10.1. The number of halogens is 1. The van der Waals surface area contributed by atoms with Crippen molar-refractivity contribution in [1.82, 2.24) is 9.55 Å². The number of rotatable bonds is 2. The maximum atomic E-state index is 5.63. The van der Waals surface area contributed by atoms with Crippen molar-refractivity contribution in [1.29, 1.82) is 0 Å². The van der Waals surface area contributed by atoms with E-state index in [1.54, 1.807) is 17.7 Å². The molecule has 0 aromatic carbocycles. The van der Waals surface area contributed by atoms with Crippen molar-refractivity contribution in [3.63, 3.8) is 0 Å². The Bertz CT molecular complexity index is 447. The summed E-state index contributed by atoms with van der Waals surface area (Å²) in [5, 5.41) is 0. The van der Waals surface area contributed by atoms with E-state index in [-0.39, 0.29) is 0 Å². The lowest BCUT2D eigenvalue weighted by atomic mass is 10.3. The fourth-order valence-electron chi connectivity index (χ4n) is 1.39. The first-order valence-corrected chi connectivity index (χ1v) is 5.79. The molecule has 0 aliphatic rings. The minimum atomic E-state index is 0.478. The molecule has 0 saturated carbocycles. The molecule has 2 heterocycles. The normalized spacial score (nSPS) is 10.8. The van der Waals surface area contributed by atoms with Gasteiger partial charge in [0.25, 0.3) is 0 Å². The van der Waals surface area contributed by atoms with E-state index >= 15 is 0 Å². The van der Waals surface area contributed by atoms with Gasteiger partial charge in [-0.1, -0.05) is 0 Å². The molecule has 0 saturated heterocycles. The second kappa shape index (κ2) is 3.84. The van der Waals surface area contributed by atoms with E-state index in [2.05, 4.69) is 27.0 Å². The van der Waals surface area contributed by atoms with Crippen molar-refractivity contribution >= 4 is 27.3 Å². The summed E-state index contributed by atoms with van der Waals surface area (Å²) in [5.41, 5.74) is 7.69. The van der Waals surface area contributed by atoms with Gasteiger partial charge in [0.1, 0.15) is 0 Å². The third kappa shape index (κ3) is 1.63. The lowest BCUT2D eigenvalue weighted by molar-refractivity contribution is 0.922. The maximum absolute atomic E-state index is 5.63. The van der Waals surface area contributed by atoms with Gasteiger partial charge in [0.15, 0.2) is 0 Å². The van der Waals surface area contributed by atoms with Gasteiger partial charge in [-0.25, -0.2) is 4.98 Å². The van der Waals surface area contributed by atoms with E-state index in [1.807, 2.05) is 17.7 Å². The van der Waals surface area contributed by atoms with Gasteiger partial charge in [0.2, 0.25) is 0 Å². The highest BCUT2D eigenvalue weighted by Gasteiger charge is 2.11. The topological polar surface area (TPSA) is 43.8 Å². The highest BCUT2D eigenvalue weighted by Crippen LogP contribution is 2.32. The molecule has 2 aromatic heterocycles. The number of hydrogen-bond acceptors (Lipinski definition) is 3. The molecule has 0 aliphatic heterocycles. The molecule has 3 nitrogen and oxygen atoms in total. The first kappa shape index (κ1) is 9.89. The summed E-state index contributed by atoms with van der Waals surface area (Å²) in [5.74, 6) is 0. The molecule has 0 fully saturated rings. The Morgan fingerprint density at radius 1 is 1.57 bits per heavy atom. The van der Waals surface area contributed by atoms with E-state index in [1.165, 1.54) is 4.88 Å². The summed E-state index contributed by atoms with van der Waals surface area (Å²) in [6.07, 6.45) is 1.80. The summed E-state index contributed by atoms with van der Waals surface area (Å²) in [6.45, 7) is 0.478. The number of nitrogens with two attached hydrogens (primary N) is 1. The average Bonchev–Trinajstić information content (AvgIpc) is 2.71. The molecule has 2 N–H and O–H groups in total. The predicted octanol–water partition coefficient (Wildman–Crippen LogP) is 2.37. The molecule has 0 amide bonds. The van der Waals surface area contributed by atoms with Crippen molar-refractivity contribution in [3.05, 3.63) is 27.9 Å². The monoisotopic (exact) mass is 271 g/mol. The van der Waals surface area contributed by atoms with Crippen LogP contribution in [0.3, 0.4) is 0 Å². The highest BCUT2D eigenvalue weighted by molar-refractivity contribution is 9.11. The second-order valence-corrected chi connectivity index (χ2v) is 5.42. The van der Waals surface area contributed by atoms with Crippen LogP contribution in [0, 0.1) is 0 Å². The first-order valence-electron chi connectivity index (χ1n) is 4.18. The van der Waals surface area contributed by atoms with Crippen LogP contribution in [0.5, 0.6) is 0 Å². The number of imidazole rings is 1. The largest absolute Gasteiger partial charge is 0.333 e. The van der Waals surface area contributed by atoms with Gasteiger partial charge >= 0.3 is 0 Å². The molecule has 0 atom stereocenters. The molecule has 0 bridgehead atoms. The number of aromatic nitrogens is 2. The third-order valence-corrected chi connectivity index (χ3v) is 3.64. The Morgan fingerprint density at radius 3 is 2.93 bits per heavy atom. The van der Waals surface area contributed by atoms with Crippen molar-refractivity contribution in [2.24, 2.45) is 12.8 Å². The average molecular weight is 272 g/mol. The smallest absolute Gasteiger partial charge is 0.0952 e. The zero-order valence-corrected chi connectivity index (χ0v) is 10.1. The summed E-state index contributed by atoms with van der Waals surface area (Å²) in [6, 6.07) is 4.11. The summed E-state index contributed by atoms with van der Waals surface area (Å²) in [7, 11) is 1.98. The summed E-state index contributed by atoms with van der Waals surface area (Å²) < 4.78 is 3.12. The van der Waals surface area contributed by atoms with Gasteiger partial charge in [0, 0.05) is 13.6 Å². The molecule has 5 heteroatoms. The molecule has 0 aliphatic carbocycles. The van der Waals surface area contributed by atoms with Crippen LogP contribution in [0.15, 0.2) is 22.2 Å². The SMILES string of the molecule is Cn1cnc(CN)c1-c1ccc(Br)s1. The lowest BCUT2D eigenvalue weighted by Crippen LogP contribution is -1.99. The molecule has 74 valence electrons. The fourth-order valence-corrected chi connectivity index (χ4v) is 2.88. The van der Waals surface area contributed by atoms with Crippen LogP contribution in [0.25, 0.3) is 10.6 Å². The van der Waals surface area contributed by atoms with Crippen LogP contribution in [0.2, 0.25) is 0 Å². The Kier molecular flexibility index (Phi) is 2.71. The summed E-state index contributed by atoms with van der Waals surface area (Å²) >= 11 is 5.14. The van der Waals surface area contributed by atoms with Crippen molar-refractivity contribution < 1.29 is 0 Å². The Hall–Kier alpha value is -0.650. The van der Waals surface area contributed by atoms with Gasteiger partial charge in [-0.15, -0.1) is 11.3 Å². The Balaban J connectivity index is 2.54. The number of thiophene rings is 1. The lowest BCUT2D eigenvalue weighted by Gasteiger charge is -2.00. The predicted molar refractivity (Wildman–Crippen MR) is 62.1 cm³/mol. The van der Waals surface area contributed by atoms with Gasteiger partial charge in [-0.2, -0.15) is 0 Å².